The van der Waals surface area contributed by atoms with Gasteiger partial charge >= 0.3 is 0 Å². The lowest BCUT2D eigenvalue weighted by Crippen LogP contribution is -2.11. The zero-order valence-corrected chi connectivity index (χ0v) is 8.70. The quantitative estimate of drug-likeness (QED) is 0.462. The molecule has 0 N–H and O–H groups in total. The molecule has 0 spiro atoms. The molecule has 70 valence electrons. The van der Waals surface area contributed by atoms with Crippen LogP contribution in [0.25, 0.3) is 0 Å². The summed E-state index contributed by atoms with van der Waals surface area (Å²) in [5.74, 6) is 0.988. The number of aliphatic imine (C=N–C) groups is 1. The van der Waals surface area contributed by atoms with E-state index >= 15 is 0 Å². The Labute approximate surface area is 79.6 Å². The van der Waals surface area contributed by atoms with Crippen molar-refractivity contribution in [2.24, 2.45) is 4.99 Å². The Hall–Kier alpha value is -1.31. The molecule has 1 rings (SSSR count). The third-order valence-electron chi connectivity index (χ3n) is 2.05. The minimum atomic E-state index is 0.988. The largest absolute Gasteiger partial charge is 0.304 e. The van der Waals surface area contributed by atoms with Crippen molar-refractivity contribution in [3.8, 4) is 0 Å². The Bertz CT molecular complexity index is 323. The highest BCUT2D eigenvalue weighted by Crippen LogP contribution is 2.07. The van der Waals surface area contributed by atoms with Crippen LogP contribution < -0.4 is 0 Å². The topological polar surface area (TPSA) is 17.3 Å². The van der Waals surface area contributed by atoms with Crippen molar-refractivity contribution in [3.63, 3.8) is 0 Å². The van der Waals surface area contributed by atoms with Gasteiger partial charge in [-0.15, -0.1) is 0 Å². The van der Waals surface area contributed by atoms with Gasteiger partial charge in [0.25, 0.3) is 0 Å². The lowest BCUT2D eigenvalue weighted by molar-refractivity contribution is 1.02. The first-order valence-electron chi connectivity index (χ1n) is 4.45. The molecule has 0 aliphatic carbocycles. The second-order valence-electron chi connectivity index (χ2n) is 3.03. The van der Waals surface area contributed by atoms with Crippen molar-refractivity contribution in [3.05, 3.63) is 35.7 Å². The Morgan fingerprint density at radius 2 is 1.85 bits per heavy atom. The summed E-state index contributed by atoms with van der Waals surface area (Å²) >= 11 is 0. The molecule has 0 atom stereocenters. The highest BCUT2D eigenvalue weighted by atomic mass is 15.1. The summed E-state index contributed by atoms with van der Waals surface area (Å²) in [6, 6.07) is 4.20. The molecule has 1 aromatic heterocycles. The molecule has 0 aliphatic rings. The zero-order valence-electron chi connectivity index (χ0n) is 8.70. The van der Waals surface area contributed by atoms with E-state index in [1.54, 1.807) is 0 Å². The van der Waals surface area contributed by atoms with Crippen LogP contribution >= 0.6 is 0 Å². The number of hydrogen-bond donors (Lipinski definition) is 0. The number of rotatable bonds is 1. The Balaban J connectivity index is 3.19. The second kappa shape index (κ2) is 4.08. The van der Waals surface area contributed by atoms with Crippen molar-refractivity contribution in [1.29, 1.82) is 0 Å². The van der Waals surface area contributed by atoms with Crippen LogP contribution in [0.4, 0.5) is 0 Å². The highest BCUT2D eigenvalue weighted by Gasteiger charge is 2.03. The van der Waals surface area contributed by atoms with E-state index in [4.69, 9.17) is 0 Å². The van der Waals surface area contributed by atoms with Gasteiger partial charge in [-0.25, -0.2) is 0 Å². The van der Waals surface area contributed by atoms with Crippen molar-refractivity contribution in [2.75, 3.05) is 7.05 Å². The van der Waals surface area contributed by atoms with Crippen molar-refractivity contribution in [2.45, 2.75) is 20.8 Å². The number of hydrogen-bond acceptors (Lipinski definition) is 1. The van der Waals surface area contributed by atoms with Gasteiger partial charge in [0.15, 0.2) is 0 Å². The first-order chi connectivity index (χ1) is 6.20. The van der Waals surface area contributed by atoms with E-state index in [1.165, 1.54) is 11.4 Å². The standard InChI is InChI=1S/C11H16N2/c1-5-6-11(12-4)13-9(2)7-8-10(13)3/h5-8H,1-4H3/b6-5-,12-11?. The van der Waals surface area contributed by atoms with Gasteiger partial charge in [0.05, 0.1) is 0 Å². The van der Waals surface area contributed by atoms with Crippen molar-refractivity contribution in [1.82, 2.24) is 4.57 Å². The summed E-state index contributed by atoms with van der Waals surface area (Å²) < 4.78 is 2.14. The van der Waals surface area contributed by atoms with Crippen LogP contribution in [0.15, 0.2) is 29.3 Å². The number of nitrogens with zero attached hydrogens (tertiary/aromatic N) is 2. The number of aromatic nitrogens is 1. The van der Waals surface area contributed by atoms with E-state index in [0.29, 0.717) is 0 Å². The average molecular weight is 176 g/mol. The summed E-state index contributed by atoms with van der Waals surface area (Å²) in [5.41, 5.74) is 2.44. The second-order valence-corrected chi connectivity index (χ2v) is 3.03. The fourth-order valence-corrected chi connectivity index (χ4v) is 1.43. The van der Waals surface area contributed by atoms with Gasteiger partial charge < -0.3 is 4.57 Å². The molecular formula is C11H16N2. The molecule has 2 heteroatoms. The fraction of sp³-hybridized carbons (Fsp3) is 0.364. The summed E-state index contributed by atoms with van der Waals surface area (Å²) in [5, 5.41) is 0. The van der Waals surface area contributed by atoms with E-state index in [2.05, 4.69) is 35.5 Å². The molecule has 1 aromatic rings. The van der Waals surface area contributed by atoms with Crippen molar-refractivity contribution < 1.29 is 0 Å². The lowest BCUT2D eigenvalue weighted by atomic mass is 10.4. The molecule has 13 heavy (non-hydrogen) atoms. The molecule has 0 saturated carbocycles. The molecule has 0 aromatic carbocycles. The highest BCUT2D eigenvalue weighted by molar-refractivity contribution is 5.95. The van der Waals surface area contributed by atoms with E-state index < -0.39 is 0 Å². The summed E-state index contributed by atoms with van der Waals surface area (Å²) in [6.07, 6.45) is 4.02. The maximum atomic E-state index is 4.23. The third kappa shape index (κ3) is 1.89. The zero-order chi connectivity index (χ0) is 9.84. The molecular weight excluding hydrogens is 160 g/mol. The van der Waals surface area contributed by atoms with Gasteiger partial charge in [-0.1, -0.05) is 6.08 Å². The summed E-state index contributed by atoms with van der Waals surface area (Å²) in [7, 11) is 1.81. The van der Waals surface area contributed by atoms with Crippen molar-refractivity contribution >= 4 is 5.84 Å². The van der Waals surface area contributed by atoms with Crippen LogP contribution in [-0.2, 0) is 0 Å². The molecule has 0 saturated heterocycles. The van der Waals surface area contributed by atoms with Gasteiger partial charge in [0, 0.05) is 18.4 Å². The van der Waals surface area contributed by atoms with Gasteiger partial charge in [-0.3, -0.25) is 4.99 Å². The normalized spacial score (nSPS) is 12.8. The molecule has 0 radical (unpaired) electrons. The minimum absolute atomic E-state index is 0.988. The lowest BCUT2D eigenvalue weighted by Gasteiger charge is -2.07. The van der Waals surface area contributed by atoms with Gasteiger partial charge in [0.2, 0.25) is 0 Å². The van der Waals surface area contributed by atoms with Crippen LogP contribution in [0, 0.1) is 13.8 Å². The summed E-state index contributed by atoms with van der Waals surface area (Å²) in [4.78, 5) is 4.23. The predicted molar refractivity (Wildman–Crippen MR) is 57.5 cm³/mol. The van der Waals surface area contributed by atoms with Crippen LogP contribution in [0.3, 0.4) is 0 Å². The first kappa shape index (κ1) is 9.78. The SMILES string of the molecule is C/C=C\C(=NC)n1c(C)ccc1C. The monoisotopic (exact) mass is 176 g/mol. The van der Waals surface area contributed by atoms with Gasteiger partial charge in [-0.2, -0.15) is 0 Å². The smallest absolute Gasteiger partial charge is 0.131 e. The minimum Gasteiger partial charge on any atom is -0.304 e. The van der Waals surface area contributed by atoms with Gasteiger partial charge in [-0.05, 0) is 39.0 Å². The van der Waals surface area contributed by atoms with E-state index in [-0.39, 0.29) is 0 Å². The molecule has 0 bridgehead atoms. The molecule has 2 nitrogen and oxygen atoms in total. The molecule has 1 heterocycles. The van der Waals surface area contributed by atoms with Crippen LogP contribution in [0.2, 0.25) is 0 Å². The van der Waals surface area contributed by atoms with Crippen LogP contribution in [0.5, 0.6) is 0 Å². The Kier molecular flexibility index (Phi) is 3.07. The molecule has 0 amide bonds. The number of allylic oxidation sites excluding steroid dienone is 2. The average Bonchev–Trinajstić information content (AvgIpc) is 2.43. The predicted octanol–water partition coefficient (Wildman–Crippen LogP) is 2.56. The maximum Gasteiger partial charge on any atom is 0.131 e. The van der Waals surface area contributed by atoms with Crippen LogP contribution in [0.1, 0.15) is 18.3 Å². The molecule has 0 aliphatic heterocycles. The summed E-state index contributed by atoms with van der Waals surface area (Å²) in [6.45, 7) is 6.17. The fourth-order valence-electron chi connectivity index (χ4n) is 1.43. The van der Waals surface area contributed by atoms with E-state index in [0.717, 1.165) is 5.84 Å². The van der Waals surface area contributed by atoms with E-state index in [1.807, 2.05) is 26.1 Å². The van der Waals surface area contributed by atoms with Gasteiger partial charge in [0.1, 0.15) is 5.84 Å². The van der Waals surface area contributed by atoms with E-state index in [9.17, 15) is 0 Å². The third-order valence-corrected chi connectivity index (χ3v) is 2.05. The Morgan fingerprint density at radius 1 is 1.31 bits per heavy atom. The number of aryl methyl sites for hydroxylation is 2. The van der Waals surface area contributed by atoms with Crippen LogP contribution in [-0.4, -0.2) is 17.5 Å². The maximum absolute atomic E-state index is 4.23. The Morgan fingerprint density at radius 3 is 2.23 bits per heavy atom. The first-order valence-corrected chi connectivity index (χ1v) is 4.45. The molecule has 0 unspecified atom stereocenters. The molecule has 0 fully saturated rings.